The van der Waals surface area contributed by atoms with E-state index in [4.69, 9.17) is 4.98 Å². The van der Waals surface area contributed by atoms with Crippen LogP contribution in [0.1, 0.15) is 65.5 Å². The molecule has 1 N–H and O–H groups in total. The number of anilines is 2. The Morgan fingerprint density at radius 3 is 2.53 bits per heavy atom. The number of nitrogens with zero attached hydrogens (tertiary/aromatic N) is 3. The van der Waals surface area contributed by atoms with Gasteiger partial charge in [0.25, 0.3) is 5.91 Å². The lowest BCUT2D eigenvalue weighted by Crippen LogP contribution is -2.33. The fraction of sp³-hybridized carbons (Fsp3) is 0.270. The summed E-state index contributed by atoms with van der Waals surface area (Å²) < 4.78 is 1.05. The van der Waals surface area contributed by atoms with E-state index < -0.39 is 0 Å². The highest BCUT2D eigenvalue weighted by molar-refractivity contribution is 7.22. The van der Waals surface area contributed by atoms with Gasteiger partial charge < -0.3 is 4.90 Å². The lowest BCUT2D eigenvalue weighted by Gasteiger charge is -2.32. The molecule has 5 nitrogen and oxygen atoms in total. The molecule has 0 aliphatic carbocycles. The average molecular weight is 587 g/mol. The minimum absolute atomic E-state index is 0.0866. The highest BCUT2D eigenvalue weighted by atomic mass is 32.1. The Hall–Kier alpha value is -4.29. The Bertz CT molecular complexity index is 1830. The van der Waals surface area contributed by atoms with E-state index in [1.807, 2.05) is 36.4 Å². The molecular weight excluding hydrogens is 549 g/mol. The van der Waals surface area contributed by atoms with Crippen LogP contribution in [-0.2, 0) is 13.0 Å². The maximum absolute atomic E-state index is 13.6. The first-order valence-corrected chi connectivity index (χ1v) is 15.7. The van der Waals surface area contributed by atoms with Crippen LogP contribution < -0.4 is 10.2 Å². The molecule has 0 radical (unpaired) electrons. The summed E-state index contributed by atoms with van der Waals surface area (Å²) in [7, 11) is 0. The van der Waals surface area contributed by atoms with Gasteiger partial charge in [0, 0.05) is 24.2 Å². The van der Waals surface area contributed by atoms with Crippen molar-refractivity contribution < 1.29 is 4.79 Å². The second-order valence-corrected chi connectivity index (χ2v) is 13.7. The Morgan fingerprint density at radius 1 is 0.953 bits per heavy atom. The quantitative estimate of drug-likeness (QED) is 0.215. The number of aromatic nitrogens is 2. The molecule has 3 aromatic carbocycles. The molecule has 5 aromatic rings. The van der Waals surface area contributed by atoms with Gasteiger partial charge in [0.05, 0.1) is 15.9 Å². The third-order valence-corrected chi connectivity index (χ3v) is 9.16. The Morgan fingerprint density at radius 2 is 1.74 bits per heavy atom. The molecular formula is C37H38N4OS. The van der Waals surface area contributed by atoms with E-state index in [-0.39, 0.29) is 11.3 Å². The molecule has 6 rings (SSSR count). The first-order chi connectivity index (χ1) is 20.6. The molecule has 2 aromatic heterocycles. The summed E-state index contributed by atoms with van der Waals surface area (Å²) in [5, 5.41) is 3.67. The molecule has 0 saturated carbocycles. The van der Waals surface area contributed by atoms with Crippen molar-refractivity contribution in [3.05, 3.63) is 113 Å². The minimum Gasteiger partial charge on any atom is -0.352 e. The fourth-order valence-corrected chi connectivity index (χ4v) is 6.82. The zero-order valence-electron chi connectivity index (χ0n) is 25.6. The van der Waals surface area contributed by atoms with Gasteiger partial charge in [-0.25, -0.2) is 9.97 Å². The molecule has 0 saturated heterocycles. The van der Waals surface area contributed by atoms with Crippen molar-refractivity contribution in [1.29, 1.82) is 0 Å². The van der Waals surface area contributed by atoms with Crippen LogP contribution in [-0.4, -0.2) is 22.4 Å². The number of nitrogens with one attached hydrogen (secondary N) is 1. The van der Waals surface area contributed by atoms with Crippen molar-refractivity contribution in [2.75, 3.05) is 16.8 Å². The highest BCUT2D eigenvalue weighted by Gasteiger charge is 2.25. The van der Waals surface area contributed by atoms with Gasteiger partial charge in [0.1, 0.15) is 5.82 Å². The predicted molar refractivity (Wildman–Crippen MR) is 181 cm³/mol. The van der Waals surface area contributed by atoms with Gasteiger partial charge in [-0.15, -0.1) is 0 Å². The van der Waals surface area contributed by atoms with Crippen LogP contribution in [0.3, 0.4) is 0 Å². The molecule has 1 aliphatic rings. The number of hydrogen-bond donors (Lipinski definition) is 1. The summed E-state index contributed by atoms with van der Waals surface area (Å²) in [6.45, 7) is 17.0. The van der Waals surface area contributed by atoms with E-state index in [0.29, 0.717) is 17.2 Å². The highest BCUT2D eigenvalue weighted by Crippen LogP contribution is 2.38. The number of benzene rings is 3. The van der Waals surface area contributed by atoms with Gasteiger partial charge in [-0.2, -0.15) is 0 Å². The third kappa shape index (κ3) is 5.98. The van der Waals surface area contributed by atoms with Crippen molar-refractivity contribution in [1.82, 2.24) is 9.97 Å². The summed E-state index contributed by atoms with van der Waals surface area (Å²) in [5.41, 5.74) is 10.7. The normalized spacial score (nSPS) is 13.2. The molecule has 0 atom stereocenters. The molecule has 3 heterocycles. The van der Waals surface area contributed by atoms with Crippen LogP contribution in [0.5, 0.6) is 0 Å². The zero-order chi connectivity index (χ0) is 30.3. The van der Waals surface area contributed by atoms with Gasteiger partial charge in [-0.05, 0) is 95.8 Å². The number of fused-ring (bicyclic) bond motifs is 2. The van der Waals surface area contributed by atoms with Crippen molar-refractivity contribution in [2.24, 2.45) is 5.41 Å². The molecule has 0 unspecified atom stereocenters. The van der Waals surface area contributed by atoms with E-state index >= 15 is 0 Å². The van der Waals surface area contributed by atoms with Crippen LogP contribution in [0.4, 0.5) is 10.9 Å². The zero-order valence-corrected chi connectivity index (χ0v) is 26.4. The van der Waals surface area contributed by atoms with Crippen molar-refractivity contribution >= 4 is 44.0 Å². The van der Waals surface area contributed by atoms with Gasteiger partial charge in [0.2, 0.25) is 0 Å². The second-order valence-electron chi connectivity index (χ2n) is 12.7. The third-order valence-electron chi connectivity index (χ3n) is 8.21. The standard InChI is InChI=1S/C37H38N4OS/c1-23-11-9-13-27(25(23)3)28-17-18-33(39-34(28)24(2)21-37(4,5)6)41-20-19-26-12-10-14-29(30(26)22-41)35(42)40-36-38-31-15-7-8-16-32(31)43-36/h7-18H,2,19-22H2,1,3-6H3,(H,38,40,42). The number of amides is 1. The number of thiazole rings is 1. The fourth-order valence-electron chi connectivity index (χ4n) is 5.96. The van der Waals surface area contributed by atoms with Crippen LogP contribution in [0.2, 0.25) is 0 Å². The largest absolute Gasteiger partial charge is 0.352 e. The van der Waals surface area contributed by atoms with Gasteiger partial charge >= 0.3 is 0 Å². The van der Waals surface area contributed by atoms with Crippen molar-refractivity contribution in [3.8, 4) is 11.1 Å². The number of para-hydroxylation sites is 1. The first-order valence-electron chi connectivity index (χ1n) is 14.9. The van der Waals surface area contributed by atoms with Gasteiger partial charge in [-0.1, -0.05) is 81.2 Å². The monoisotopic (exact) mass is 586 g/mol. The van der Waals surface area contributed by atoms with Crippen LogP contribution in [0.25, 0.3) is 26.9 Å². The van der Waals surface area contributed by atoms with Crippen molar-refractivity contribution in [3.63, 3.8) is 0 Å². The van der Waals surface area contributed by atoms with E-state index in [1.54, 1.807) is 0 Å². The molecule has 218 valence electrons. The summed E-state index contributed by atoms with van der Waals surface area (Å²) in [4.78, 5) is 25.7. The molecule has 0 bridgehead atoms. The van der Waals surface area contributed by atoms with Gasteiger partial charge in [0.15, 0.2) is 5.13 Å². The number of rotatable bonds is 6. The van der Waals surface area contributed by atoms with E-state index in [1.165, 1.54) is 33.6 Å². The smallest absolute Gasteiger partial charge is 0.257 e. The molecule has 0 spiro atoms. The Labute approximate surface area is 258 Å². The van der Waals surface area contributed by atoms with E-state index in [9.17, 15) is 4.79 Å². The lowest BCUT2D eigenvalue weighted by atomic mass is 9.85. The van der Waals surface area contributed by atoms with E-state index in [2.05, 4.69) is 92.8 Å². The Balaban J connectivity index is 1.33. The number of aryl methyl sites for hydroxylation is 1. The summed E-state index contributed by atoms with van der Waals surface area (Å²) >= 11 is 1.49. The number of carbonyl (C=O) groups excluding carboxylic acids is 1. The van der Waals surface area contributed by atoms with Crippen LogP contribution >= 0.6 is 11.3 Å². The summed E-state index contributed by atoms with van der Waals surface area (Å²) in [6, 6.07) is 24.7. The molecule has 0 fully saturated rings. The Kier molecular flexibility index (Phi) is 7.65. The predicted octanol–water partition coefficient (Wildman–Crippen LogP) is 9.24. The number of pyridine rings is 1. The van der Waals surface area contributed by atoms with Gasteiger partial charge in [-0.3, -0.25) is 10.1 Å². The van der Waals surface area contributed by atoms with E-state index in [0.717, 1.165) is 57.8 Å². The molecule has 1 amide bonds. The molecule has 43 heavy (non-hydrogen) atoms. The topological polar surface area (TPSA) is 58.1 Å². The molecule has 6 heteroatoms. The summed E-state index contributed by atoms with van der Waals surface area (Å²) in [5.74, 6) is 0.779. The number of carbonyl (C=O) groups is 1. The second kappa shape index (κ2) is 11.4. The van der Waals surface area contributed by atoms with Crippen LogP contribution in [0.15, 0.2) is 79.4 Å². The SMILES string of the molecule is C=C(CC(C)(C)C)c1nc(N2CCc3cccc(C(=O)Nc4nc5ccccc5s4)c3C2)ccc1-c1cccc(C)c1C. The number of allylic oxidation sites excluding steroid dienone is 1. The maximum atomic E-state index is 13.6. The maximum Gasteiger partial charge on any atom is 0.257 e. The first kappa shape index (κ1) is 28.8. The summed E-state index contributed by atoms with van der Waals surface area (Å²) in [6.07, 6.45) is 1.69. The van der Waals surface area contributed by atoms with Crippen LogP contribution in [0, 0.1) is 19.3 Å². The average Bonchev–Trinajstić information content (AvgIpc) is 3.39. The lowest BCUT2D eigenvalue weighted by molar-refractivity contribution is 0.102. The minimum atomic E-state index is -0.129. The molecule has 1 aliphatic heterocycles. The number of hydrogen-bond acceptors (Lipinski definition) is 5. The van der Waals surface area contributed by atoms with Crippen molar-refractivity contribution in [2.45, 2.75) is 54.0 Å².